The van der Waals surface area contributed by atoms with Crippen LogP contribution in [0.1, 0.15) is 99.3 Å². The molecular weight excluding hydrogens is 456 g/mol. The summed E-state index contributed by atoms with van der Waals surface area (Å²) < 4.78 is 0. The van der Waals surface area contributed by atoms with Crippen molar-refractivity contribution in [2.24, 2.45) is 50.2 Å². The molecule has 202 valence electrons. The summed E-state index contributed by atoms with van der Waals surface area (Å²) in [6.07, 6.45) is 7.05. The van der Waals surface area contributed by atoms with Crippen molar-refractivity contribution < 1.29 is 30.0 Å². The first-order valence-electron chi connectivity index (χ1n) is 14.1. The third-order valence-corrected chi connectivity index (χ3v) is 13.4. The smallest absolute Gasteiger partial charge is 0.312 e. The van der Waals surface area contributed by atoms with Crippen LogP contribution in [-0.2, 0) is 9.59 Å². The van der Waals surface area contributed by atoms with Crippen LogP contribution in [0.4, 0.5) is 0 Å². The summed E-state index contributed by atoms with van der Waals surface area (Å²) in [5, 5.41) is 43.3. The van der Waals surface area contributed by atoms with Gasteiger partial charge in [0.1, 0.15) is 0 Å². The molecule has 0 bridgehead atoms. The third-order valence-electron chi connectivity index (χ3n) is 13.4. The number of carboxylic acid groups (broad SMARTS) is 2. The highest BCUT2D eigenvalue weighted by Crippen LogP contribution is 2.75. The molecule has 0 radical (unpaired) electrons. The lowest BCUT2D eigenvalue weighted by Gasteiger charge is -2.71. The Morgan fingerprint density at radius 2 is 1.44 bits per heavy atom. The van der Waals surface area contributed by atoms with Crippen LogP contribution >= 0.6 is 0 Å². The Morgan fingerprint density at radius 1 is 0.806 bits per heavy atom. The normalized spacial score (nSPS) is 53.7. The SMILES string of the molecule is CC1(C)CCC2(C(=O)O)CCC3(C)C(=CCC4C5(C)CCC(O)C(C)(C(=O)O)C5CCC43C)C2C1O. The lowest BCUT2D eigenvalue weighted by atomic mass is 9.33. The van der Waals surface area contributed by atoms with Crippen molar-refractivity contribution >= 4 is 11.9 Å². The molecular formula is C30H46O6. The van der Waals surface area contributed by atoms with E-state index in [-0.39, 0.29) is 33.5 Å². The predicted octanol–water partition coefficient (Wildman–Crippen LogP) is 5.27. The van der Waals surface area contributed by atoms with E-state index >= 15 is 0 Å². The van der Waals surface area contributed by atoms with Gasteiger partial charge in [0.2, 0.25) is 0 Å². The van der Waals surface area contributed by atoms with E-state index in [1.807, 2.05) is 0 Å². The first kappa shape index (κ1) is 26.2. The lowest BCUT2D eigenvalue weighted by molar-refractivity contribution is -0.221. The molecule has 0 aromatic heterocycles. The van der Waals surface area contributed by atoms with Crippen molar-refractivity contribution in [3.05, 3.63) is 11.6 Å². The molecule has 0 spiro atoms. The first-order chi connectivity index (χ1) is 16.5. The number of aliphatic hydroxyl groups is 2. The van der Waals surface area contributed by atoms with E-state index in [4.69, 9.17) is 0 Å². The van der Waals surface area contributed by atoms with Crippen LogP contribution in [0.3, 0.4) is 0 Å². The summed E-state index contributed by atoms with van der Waals surface area (Å²) in [6, 6.07) is 0. The number of carboxylic acids is 2. The van der Waals surface area contributed by atoms with Crippen LogP contribution in [0.2, 0.25) is 0 Å². The molecule has 0 aromatic rings. The van der Waals surface area contributed by atoms with Gasteiger partial charge in [0.05, 0.1) is 23.0 Å². The molecule has 5 rings (SSSR count). The molecule has 0 aromatic carbocycles. The molecule has 5 aliphatic rings. The number of aliphatic hydroxyl groups excluding tert-OH is 2. The van der Waals surface area contributed by atoms with Gasteiger partial charge in [-0.3, -0.25) is 9.59 Å². The van der Waals surface area contributed by atoms with Crippen molar-refractivity contribution in [1.82, 2.24) is 0 Å². The van der Waals surface area contributed by atoms with E-state index in [1.165, 1.54) is 0 Å². The van der Waals surface area contributed by atoms with Gasteiger partial charge in [0.25, 0.3) is 0 Å². The molecule has 0 saturated heterocycles. The minimum absolute atomic E-state index is 0.108. The zero-order chi connectivity index (χ0) is 26.7. The maximum Gasteiger partial charge on any atom is 0.312 e. The van der Waals surface area contributed by atoms with Crippen LogP contribution in [0.25, 0.3) is 0 Å². The van der Waals surface area contributed by atoms with Crippen LogP contribution < -0.4 is 0 Å². The number of hydrogen-bond donors (Lipinski definition) is 4. The topological polar surface area (TPSA) is 115 Å². The molecule has 10 unspecified atom stereocenters. The minimum atomic E-state index is -1.16. The molecule has 0 amide bonds. The van der Waals surface area contributed by atoms with Gasteiger partial charge in [-0.25, -0.2) is 0 Å². The fourth-order valence-electron chi connectivity index (χ4n) is 10.6. The molecule has 5 aliphatic carbocycles. The standard InChI is InChI=1S/C30H46O6/c1-25(2)13-15-30(24(35)36)16-14-27(4)17(21(30)22(25)32)7-8-18-26(3)11-10-20(31)29(6,23(33)34)19(26)9-12-28(18,27)5/h7,18-22,31-32H,8-16H2,1-6H3,(H,33,34)(H,35,36). The van der Waals surface area contributed by atoms with Crippen molar-refractivity contribution in [2.75, 3.05) is 0 Å². The number of fused-ring (bicyclic) bond motifs is 7. The van der Waals surface area contributed by atoms with E-state index in [1.54, 1.807) is 6.92 Å². The summed E-state index contributed by atoms with van der Waals surface area (Å²) in [6.45, 7) is 12.8. The van der Waals surface area contributed by atoms with Crippen LogP contribution in [0.15, 0.2) is 11.6 Å². The quantitative estimate of drug-likeness (QED) is 0.383. The average Bonchev–Trinajstić information content (AvgIpc) is 2.79. The van der Waals surface area contributed by atoms with E-state index in [2.05, 4.69) is 40.7 Å². The summed E-state index contributed by atoms with van der Waals surface area (Å²) in [5.74, 6) is -1.92. The highest BCUT2D eigenvalue weighted by molar-refractivity contribution is 5.77. The number of hydrogen-bond acceptors (Lipinski definition) is 4. The highest BCUT2D eigenvalue weighted by atomic mass is 16.4. The Kier molecular flexibility index (Phi) is 5.53. The van der Waals surface area contributed by atoms with Gasteiger partial charge >= 0.3 is 11.9 Å². The number of rotatable bonds is 2. The largest absolute Gasteiger partial charge is 0.481 e. The zero-order valence-electron chi connectivity index (χ0n) is 22.9. The van der Waals surface area contributed by atoms with Crippen LogP contribution in [-0.4, -0.2) is 44.6 Å². The molecule has 6 heteroatoms. The molecule has 6 nitrogen and oxygen atoms in total. The summed E-state index contributed by atoms with van der Waals surface area (Å²) in [5.41, 5.74) is -1.87. The molecule has 0 heterocycles. The fraction of sp³-hybridized carbons (Fsp3) is 0.867. The second kappa shape index (κ2) is 7.59. The summed E-state index contributed by atoms with van der Waals surface area (Å²) >= 11 is 0. The van der Waals surface area contributed by atoms with Gasteiger partial charge < -0.3 is 20.4 Å². The monoisotopic (exact) mass is 502 g/mol. The Morgan fingerprint density at radius 3 is 2.06 bits per heavy atom. The van der Waals surface area contributed by atoms with Gasteiger partial charge in [-0.15, -0.1) is 0 Å². The van der Waals surface area contributed by atoms with Gasteiger partial charge in [0.15, 0.2) is 0 Å². The molecule has 0 aliphatic heterocycles. The molecule has 4 N–H and O–H groups in total. The second-order valence-corrected chi connectivity index (χ2v) is 14.8. The second-order valence-electron chi connectivity index (χ2n) is 14.8. The third kappa shape index (κ3) is 2.86. The average molecular weight is 503 g/mol. The van der Waals surface area contributed by atoms with E-state index in [0.29, 0.717) is 25.7 Å². The van der Waals surface area contributed by atoms with E-state index in [9.17, 15) is 30.0 Å². The van der Waals surface area contributed by atoms with Crippen molar-refractivity contribution in [3.8, 4) is 0 Å². The maximum absolute atomic E-state index is 12.8. The zero-order valence-corrected chi connectivity index (χ0v) is 22.9. The van der Waals surface area contributed by atoms with Crippen molar-refractivity contribution in [2.45, 2.75) is 112 Å². The highest BCUT2D eigenvalue weighted by Gasteiger charge is 2.71. The van der Waals surface area contributed by atoms with E-state index < -0.39 is 40.9 Å². The Labute approximate surface area is 215 Å². The molecule has 4 saturated carbocycles. The molecule has 4 fully saturated rings. The first-order valence-corrected chi connectivity index (χ1v) is 14.1. The Balaban J connectivity index is 1.63. The van der Waals surface area contributed by atoms with Crippen LogP contribution in [0, 0.1) is 50.2 Å². The number of carbonyl (C=O) groups is 2. The molecule has 36 heavy (non-hydrogen) atoms. The fourth-order valence-corrected chi connectivity index (χ4v) is 10.6. The van der Waals surface area contributed by atoms with Crippen LogP contribution in [0.5, 0.6) is 0 Å². The van der Waals surface area contributed by atoms with Gasteiger partial charge in [0, 0.05) is 5.92 Å². The number of aliphatic carboxylic acids is 2. The Hall–Kier alpha value is -1.40. The number of allylic oxidation sites excluding steroid dienone is 1. The Bertz CT molecular complexity index is 1020. The summed E-state index contributed by atoms with van der Waals surface area (Å²) in [7, 11) is 0. The minimum Gasteiger partial charge on any atom is -0.481 e. The van der Waals surface area contributed by atoms with Crippen molar-refractivity contribution in [3.63, 3.8) is 0 Å². The van der Waals surface area contributed by atoms with E-state index in [0.717, 1.165) is 37.7 Å². The lowest BCUT2D eigenvalue weighted by Crippen LogP contribution is -2.67. The van der Waals surface area contributed by atoms with Gasteiger partial charge in [-0.05, 0) is 98.2 Å². The van der Waals surface area contributed by atoms with Gasteiger partial charge in [-0.1, -0.05) is 46.3 Å². The predicted molar refractivity (Wildman–Crippen MR) is 136 cm³/mol. The maximum atomic E-state index is 12.8. The summed E-state index contributed by atoms with van der Waals surface area (Å²) in [4.78, 5) is 25.3. The molecule has 10 atom stereocenters. The van der Waals surface area contributed by atoms with Gasteiger partial charge in [-0.2, -0.15) is 0 Å². The van der Waals surface area contributed by atoms with Crippen molar-refractivity contribution in [1.29, 1.82) is 0 Å².